The Bertz CT molecular complexity index is 733. The quantitative estimate of drug-likeness (QED) is 0.661. The van der Waals surface area contributed by atoms with E-state index in [0.717, 1.165) is 11.3 Å². The van der Waals surface area contributed by atoms with Gasteiger partial charge in [-0.15, -0.1) is 0 Å². The van der Waals surface area contributed by atoms with Gasteiger partial charge in [-0.25, -0.2) is 4.98 Å². The molecule has 0 bridgehead atoms. The van der Waals surface area contributed by atoms with Crippen LogP contribution in [0.2, 0.25) is 0 Å². The SMILES string of the molecule is O=c1c(-c2ccccc2)c(F)sc2nccn12. The molecule has 0 unspecified atom stereocenters. The molecule has 0 amide bonds. The molecule has 2 heterocycles. The van der Waals surface area contributed by atoms with Crippen LogP contribution in [0.3, 0.4) is 0 Å². The van der Waals surface area contributed by atoms with E-state index in [2.05, 4.69) is 4.98 Å². The maximum atomic E-state index is 13.9. The average molecular weight is 246 g/mol. The molecule has 0 N–H and O–H groups in total. The van der Waals surface area contributed by atoms with Crippen LogP contribution in [0.5, 0.6) is 0 Å². The lowest BCUT2D eigenvalue weighted by Gasteiger charge is -2.02. The molecule has 3 rings (SSSR count). The molecule has 0 saturated heterocycles. The summed E-state index contributed by atoms with van der Waals surface area (Å²) in [6, 6.07) is 8.81. The molecule has 0 saturated carbocycles. The summed E-state index contributed by atoms with van der Waals surface area (Å²) in [5, 5.41) is -0.500. The number of benzene rings is 1. The van der Waals surface area contributed by atoms with E-state index in [9.17, 15) is 9.18 Å². The van der Waals surface area contributed by atoms with E-state index in [-0.39, 0.29) is 11.1 Å². The number of nitrogens with zero attached hydrogens (tertiary/aromatic N) is 2. The predicted octanol–water partition coefficient (Wildman–Crippen LogP) is 2.56. The number of rotatable bonds is 1. The first-order chi connectivity index (χ1) is 8.27. The summed E-state index contributed by atoms with van der Waals surface area (Å²) in [6.45, 7) is 0. The Morgan fingerprint density at radius 1 is 1.24 bits per heavy atom. The van der Waals surface area contributed by atoms with Gasteiger partial charge >= 0.3 is 0 Å². The summed E-state index contributed by atoms with van der Waals surface area (Å²) in [4.78, 5) is 16.4. The first kappa shape index (κ1) is 10.2. The minimum absolute atomic E-state index is 0.0982. The lowest BCUT2D eigenvalue weighted by atomic mass is 10.1. The van der Waals surface area contributed by atoms with Crippen molar-refractivity contribution in [2.45, 2.75) is 0 Å². The fourth-order valence-electron chi connectivity index (χ4n) is 1.70. The standard InChI is InChI=1S/C12H7FN2OS/c13-10-9(8-4-2-1-3-5-8)11(16)15-7-6-14-12(15)17-10/h1-7H. The van der Waals surface area contributed by atoms with Crippen molar-refractivity contribution >= 4 is 16.3 Å². The minimum Gasteiger partial charge on any atom is -0.268 e. The van der Waals surface area contributed by atoms with Crippen molar-refractivity contribution in [2.75, 3.05) is 0 Å². The molecule has 1 aromatic carbocycles. The number of hydrogen-bond acceptors (Lipinski definition) is 3. The van der Waals surface area contributed by atoms with Crippen LogP contribution in [-0.4, -0.2) is 9.38 Å². The molecule has 0 atom stereocenters. The molecule has 3 aromatic rings. The van der Waals surface area contributed by atoms with Gasteiger partial charge < -0.3 is 0 Å². The number of hydrogen-bond donors (Lipinski definition) is 0. The Morgan fingerprint density at radius 2 is 2.00 bits per heavy atom. The van der Waals surface area contributed by atoms with Crippen LogP contribution in [0.25, 0.3) is 16.1 Å². The highest BCUT2D eigenvalue weighted by atomic mass is 32.1. The van der Waals surface area contributed by atoms with Gasteiger partial charge in [0.05, 0.1) is 5.56 Å². The second-order valence-electron chi connectivity index (χ2n) is 3.50. The van der Waals surface area contributed by atoms with Crippen LogP contribution < -0.4 is 5.56 Å². The Hall–Kier alpha value is -2.01. The van der Waals surface area contributed by atoms with Crippen molar-refractivity contribution in [1.82, 2.24) is 9.38 Å². The largest absolute Gasteiger partial charge is 0.268 e. The lowest BCUT2D eigenvalue weighted by molar-refractivity contribution is 0.656. The van der Waals surface area contributed by atoms with Gasteiger partial charge in [0.2, 0.25) is 0 Å². The number of fused-ring (bicyclic) bond motifs is 1. The highest BCUT2D eigenvalue weighted by Gasteiger charge is 2.14. The van der Waals surface area contributed by atoms with Crippen LogP contribution in [0.15, 0.2) is 47.5 Å². The molecule has 0 spiro atoms. The molecule has 0 radical (unpaired) electrons. The van der Waals surface area contributed by atoms with Crippen molar-refractivity contribution < 1.29 is 4.39 Å². The second-order valence-corrected chi connectivity index (χ2v) is 4.43. The number of imidazole rings is 1. The van der Waals surface area contributed by atoms with Crippen LogP contribution >= 0.6 is 11.3 Å². The summed E-state index contributed by atoms with van der Waals surface area (Å²) < 4.78 is 15.3. The third-order valence-corrected chi connectivity index (χ3v) is 3.35. The first-order valence-corrected chi connectivity index (χ1v) is 5.80. The van der Waals surface area contributed by atoms with Crippen molar-refractivity contribution in [3.05, 3.63) is 58.2 Å². The van der Waals surface area contributed by atoms with Crippen LogP contribution in [0, 0.1) is 5.13 Å². The van der Waals surface area contributed by atoms with Gasteiger partial charge in [0, 0.05) is 12.4 Å². The molecule has 0 aliphatic carbocycles. The van der Waals surface area contributed by atoms with Crippen molar-refractivity contribution in [3.8, 4) is 11.1 Å². The smallest absolute Gasteiger partial charge is 0.268 e. The summed E-state index contributed by atoms with van der Waals surface area (Å²) in [5.74, 6) is 0. The zero-order valence-electron chi connectivity index (χ0n) is 8.63. The van der Waals surface area contributed by atoms with E-state index in [1.165, 1.54) is 10.6 Å². The Morgan fingerprint density at radius 3 is 2.76 bits per heavy atom. The Balaban J connectivity index is 2.40. The van der Waals surface area contributed by atoms with E-state index in [4.69, 9.17) is 0 Å². The van der Waals surface area contributed by atoms with Gasteiger partial charge in [0.25, 0.3) is 5.56 Å². The third kappa shape index (κ3) is 1.55. The van der Waals surface area contributed by atoms with Crippen LogP contribution in [0.4, 0.5) is 4.39 Å². The highest BCUT2D eigenvalue weighted by molar-refractivity contribution is 7.15. The van der Waals surface area contributed by atoms with Gasteiger partial charge in [-0.1, -0.05) is 41.7 Å². The Kier molecular flexibility index (Phi) is 2.26. The monoisotopic (exact) mass is 246 g/mol. The van der Waals surface area contributed by atoms with Crippen molar-refractivity contribution in [1.29, 1.82) is 0 Å². The van der Waals surface area contributed by atoms with Gasteiger partial charge in [0.1, 0.15) is 0 Å². The third-order valence-electron chi connectivity index (χ3n) is 2.48. The van der Waals surface area contributed by atoms with Crippen LogP contribution in [-0.2, 0) is 0 Å². The molecule has 0 aliphatic heterocycles. The zero-order valence-corrected chi connectivity index (χ0v) is 9.45. The second kappa shape index (κ2) is 3.78. The van der Waals surface area contributed by atoms with Crippen molar-refractivity contribution in [2.24, 2.45) is 0 Å². The maximum Gasteiger partial charge on any atom is 0.268 e. The van der Waals surface area contributed by atoms with E-state index >= 15 is 0 Å². The predicted molar refractivity (Wildman–Crippen MR) is 64.7 cm³/mol. The summed E-state index contributed by atoms with van der Waals surface area (Å²) in [7, 11) is 0. The molecule has 2 aromatic heterocycles. The topological polar surface area (TPSA) is 34.4 Å². The minimum atomic E-state index is -0.500. The highest BCUT2D eigenvalue weighted by Crippen LogP contribution is 2.22. The van der Waals surface area contributed by atoms with Gasteiger partial charge in [0.15, 0.2) is 10.1 Å². The number of halogens is 1. The van der Waals surface area contributed by atoms with Crippen LogP contribution in [0.1, 0.15) is 0 Å². The molecule has 0 aliphatic rings. The van der Waals surface area contributed by atoms with Gasteiger partial charge in [-0.05, 0) is 5.56 Å². The average Bonchev–Trinajstić information content (AvgIpc) is 2.78. The fraction of sp³-hybridized carbons (Fsp3) is 0. The molecule has 3 nitrogen and oxygen atoms in total. The number of aromatic nitrogens is 2. The van der Waals surface area contributed by atoms with E-state index < -0.39 is 5.13 Å². The van der Waals surface area contributed by atoms with E-state index in [1.54, 1.807) is 30.5 Å². The molecular formula is C12H7FN2OS. The van der Waals surface area contributed by atoms with E-state index in [0.29, 0.717) is 10.5 Å². The van der Waals surface area contributed by atoms with Gasteiger partial charge in [-0.3, -0.25) is 9.20 Å². The summed E-state index contributed by atoms with van der Waals surface area (Å²) >= 11 is 0.869. The van der Waals surface area contributed by atoms with E-state index in [1.807, 2.05) is 6.07 Å². The fourth-order valence-corrected chi connectivity index (χ4v) is 2.52. The van der Waals surface area contributed by atoms with Crippen molar-refractivity contribution in [3.63, 3.8) is 0 Å². The maximum absolute atomic E-state index is 13.9. The Labute approximate surface area is 99.8 Å². The molecular weight excluding hydrogens is 239 g/mol. The molecule has 5 heteroatoms. The summed E-state index contributed by atoms with van der Waals surface area (Å²) in [6.07, 6.45) is 3.03. The molecule has 84 valence electrons. The molecule has 17 heavy (non-hydrogen) atoms. The zero-order chi connectivity index (χ0) is 11.8. The van der Waals surface area contributed by atoms with Gasteiger partial charge in [-0.2, -0.15) is 4.39 Å². The lowest BCUT2D eigenvalue weighted by Crippen LogP contribution is -2.14. The molecule has 0 fully saturated rings. The normalized spacial score (nSPS) is 10.9. The summed E-state index contributed by atoms with van der Waals surface area (Å²) in [5.41, 5.74) is 0.308. The first-order valence-electron chi connectivity index (χ1n) is 4.98.